The first-order valence-corrected chi connectivity index (χ1v) is 7.78. The van der Waals surface area contributed by atoms with Crippen LogP contribution in [0.4, 0.5) is 0 Å². The standard InChI is InChI=1S/C17H29N/c1-4-8-17(9-5-2)11-14(12-18)15-7-6-13(3)10-16(15)17/h6-7,13-14H,4-5,8-12,18H2,1-3H3. The highest BCUT2D eigenvalue weighted by Crippen LogP contribution is 2.55. The largest absolute Gasteiger partial charge is 0.330 e. The van der Waals surface area contributed by atoms with Crippen LogP contribution < -0.4 is 5.73 Å². The normalized spacial score (nSPS) is 29.8. The van der Waals surface area contributed by atoms with Gasteiger partial charge in [-0.2, -0.15) is 0 Å². The van der Waals surface area contributed by atoms with E-state index in [1.54, 1.807) is 11.1 Å². The van der Waals surface area contributed by atoms with Crippen LogP contribution in [0.1, 0.15) is 59.3 Å². The number of hydrogen-bond donors (Lipinski definition) is 1. The van der Waals surface area contributed by atoms with Crippen molar-refractivity contribution in [2.45, 2.75) is 59.3 Å². The first-order chi connectivity index (χ1) is 8.66. The Labute approximate surface area is 113 Å². The van der Waals surface area contributed by atoms with Gasteiger partial charge in [0.15, 0.2) is 0 Å². The lowest BCUT2D eigenvalue weighted by atomic mass is 9.70. The lowest BCUT2D eigenvalue weighted by Gasteiger charge is -2.34. The van der Waals surface area contributed by atoms with E-state index in [2.05, 4.69) is 32.9 Å². The quantitative estimate of drug-likeness (QED) is 0.763. The average Bonchev–Trinajstić information content (AvgIpc) is 2.64. The maximum Gasteiger partial charge on any atom is -0.000793 e. The zero-order valence-corrected chi connectivity index (χ0v) is 12.3. The van der Waals surface area contributed by atoms with Crippen molar-refractivity contribution < 1.29 is 0 Å². The summed E-state index contributed by atoms with van der Waals surface area (Å²) < 4.78 is 0. The van der Waals surface area contributed by atoms with E-state index in [4.69, 9.17) is 5.73 Å². The second-order valence-electron chi connectivity index (χ2n) is 6.39. The summed E-state index contributed by atoms with van der Waals surface area (Å²) in [5.74, 6) is 1.34. The molecule has 0 aromatic heterocycles. The van der Waals surface area contributed by atoms with Crippen molar-refractivity contribution >= 4 is 0 Å². The highest BCUT2D eigenvalue weighted by atomic mass is 14.6. The van der Waals surface area contributed by atoms with Crippen molar-refractivity contribution in [3.05, 3.63) is 23.3 Å². The van der Waals surface area contributed by atoms with Crippen molar-refractivity contribution in [3.8, 4) is 0 Å². The summed E-state index contributed by atoms with van der Waals surface area (Å²) in [6.07, 6.45) is 12.7. The molecule has 0 aromatic rings. The van der Waals surface area contributed by atoms with Crippen molar-refractivity contribution in [3.63, 3.8) is 0 Å². The molecule has 0 radical (unpaired) electrons. The fourth-order valence-corrected chi connectivity index (χ4v) is 4.28. The first-order valence-electron chi connectivity index (χ1n) is 7.78. The fourth-order valence-electron chi connectivity index (χ4n) is 4.28. The number of rotatable bonds is 5. The monoisotopic (exact) mass is 247 g/mol. The Kier molecular flexibility index (Phi) is 4.32. The van der Waals surface area contributed by atoms with Gasteiger partial charge in [-0.3, -0.25) is 0 Å². The Morgan fingerprint density at radius 3 is 2.50 bits per heavy atom. The molecule has 0 heterocycles. The van der Waals surface area contributed by atoms with E-state index in [0.717, 1.165) is 6.54 Å². The molecular formula is C17H29N. The number of nitrogens with two attached hydrogens (primary N) is 1. The van der Waals surface area contributed by atoms with Gasteiger partial charge in [-0.1, -0.05) is 51.3 Å². The van der Waals surface area contributed by atoms with Crippen LogP contribution in [0.3, 0.4) is 0 Å². The first kappa shape index (κ1) is 13.9. The molecule has 102 valence electrons. The molecule has 0 fully saturated rings. The van der Waals surface area contributed by atoms with E-state index < -0.39 is 0 Å². The predicted octanol–water partition coefficient (Wildman–Crippen LogP) is 4.44. The van der Waals surface area contributed by atoms with Crippen molar-refractivity contribution in [1.29, 1.82) is 0 Å². The molecule has 18 heavy (non-hydrogen) atoms. The van der Waals surface area contributed by atoms with Crippen LogP contribution in [-0.4, -0.2) is 6.54 Å². The van der Waals surface area contributed by atoms with Crippen LogP contribution >= 0.6 is 0 Å². The molecule has 0 bridgehead atoms. The smallest absolute Gasteiger partial charge is 0.000793 e. The van der Waals surface area contributed by atoms with Gasteiger partial charge < -0.3 is 5.73 Å². The molecule has 0 saturated heterocycles. The van der Waals surface area contributed by atoms with Crippen LogP contribution in [0.2, 0.25) is 0 Å². The third kappa shape index (κ3) is 2.30. The third-order valence-electron chi connectivity index (χ3n) is 4.94. The minimum atomic E-state index is 0.488. The molecule has 0 saturated carbocycles. The topological polar surface area (TPSA) is 26.0 Å². The van der Waals surface area contributed by atoms with Crippen molar-refractivity contribution in [1.82, 2.24) is 0 Å². The van der Waals surface area contributed by atoms with Gasteiger partial charge in [-0.25, -0.2) is 0 Å². The van der Waals surface area contributed by atoms with E-state index in [1.807, 2.05) is 0 Å². The van der Waals surface area contributed by atoms with E-state index in [9.17, 15) is 0 Å². The van der Waals surface area contributed by atoms with Gasteiger partial charge in [-0.05, 0) is 55.1 Å². The van der Waals surface area contributed by atoms with Gasteiger partial charge in [0.2, 0.25) is 0 Å². The van der Waals surface area contributed by atoms with Crippen molar-refractivity contribution in [2.75, 3.05) is 6.54 Å². The summed E-state index contributed by atoms with van der Waals surface area (Å²) in [4.78, 5) is 0. The molecule has 1 nitrogen and oxygen atoms in total. The van der Waals surface area contributed by atoms with Gasteiger partial charge in [-0.15, -0.1) is 0 Å². The predicted molar refractivity (Wildman–Crippen MR) is 79.4 cm³/mol. The van der Waals surface area contributed by atoms with E-state index in [-0.39, 0.29) is 0 Å². The molecule has 2 unspecified atom stereocenters. The van der Waals surface area contributed by atoms with Crippen LogP contribution in [0, 0.1) is 17.3 Å². The van der Waals surface area contributed by atoms with Gasteiger partial charge in [0, 0.05) is 0 Å². The molecule has 2 N–H and O–H groups in total. The summed E-state index contributed by atoms with van der Waals surface area (Å²) in [6.45, 7) is 7.83. The van der Waals surface area contributed by atoms with Gasteiger partial charge in [0.1, 0.15) is 0 Å². The molecule has 2 atom stereocenters. The molecule has 0 spiro atoms. The van der Waals surface area contributed by atoms with Crippen molar-refractivity contribution in [2.24, 2.45) is 23.0 Å². The van der Waals surface area contributed by atoms with E-state index in [1.165, 1.54) is 38.5 Å². The molecule has 0 amide bonds. The Hall–Kier alpha value is -0.560. The second-order valence-corrected chi connectivity index (χ2v) is 6.39. The second kappa shape index (κ2) is 5.61. The molecule has 2 aliphatic rings. The van der Waals surface area contributed by atoms with Crippen LogP contribution in [-0.2, 0) is 0 Å². The Morgan fingerprint density at radius 1 is 1.28 bits per heavy atom. The van der Waals surface area contributed by atoms with Crippen LogP contribution in [0.5, 0.6) is 0 Å². The lowest BCUT2D eigenvalue weighted by Crippen LogP contribution is -2.23. The van der Waals surface area contributed by atoms with E-state index in [0.29, 0.717) is 17.3 Å². The van der Waals surface area contributed by atoms with Crippen LogP contribution in [0.25, 0.3) is 0 Å². The minimum absolute atomic E-state index is 0.488. The average molecular weight is 247 g/mol. The molecule has 2 aliphatic carbocycles. The lowest BCUT2D eigenvalue weighted by molar-refractivity contribution is 0.258. The number of allylic oxidation sites excluding steroid dienone is 3. The van der Waals surface area contributed by atoms with Gasteiger partial charge in [0.25, 0.3) is 0 Å². The Balaban J connectivity index is 2.36. The highest BCUT2D eigenvalue weighted by molar-refractivity contribution is 5.41. The molecule has 0 aliphatic heterocycles. The maximum absolute atomic E-state index is 6.02. The van der Waals surface area contributed by atoms with Gasteiger partial charge in [0.05, 0.1) is 0 Å². The summed E-state index contributed by atoms with van der Waals surface area (Å²) in [5.41, 5.74) is 9.89. The summed E-state index contributed by atoms with van der Waals surface area (Å²) in [7, 11) is 0. The maximum atomic E-state index is 6.02. The van der Waals surface area contributed by atoms with Crippen LogP contribution in [0.15, 0.2) is 23.3 Å². The minimum Gasteiger partial charge on any atom is -0.330 e. The number of hydrogen-bond acceptors (Lipinski definition) is 1. The van der Waals surface area contributed by atoms with E-state index >= 15 is 0 Å². The molecule has 1 heteroatoms. The summed E-state index contributed by atoms with van der Waals surface area (Å²) in [6, 6.07) is 0. The fraction of sp³-hybridized carbons (Fsp3) is 0.765. The zero-order chi connectivity index (χ0) is 13.2. The van der Waals surface area contributed by atoms with Gasteiger partial charge >= 0.3 is 0 Å². The highest BCUT2D eigenvalue weighted by Gasteiger charge is 2.43. The molecule has 0 aromatic carbocycles. The third-order valence-corrected chi connectivity index (χ3v) is 4.94. The summed E-state index contributed by atoms with van der Waals surface area (Å²) in [5, 5.41) is 0. The molecular weight excluding hydrogens is 218 g/mol. The zero-order valence-electron chi connectivity index (χ0n) is 12.3. The molecule has 2 rings (SSSR count). The SMILES string of the molecule is CCCC1(CCC)CC(CN)C2=C1CC(C)C=C2. The Bertz CT molecular complexity index is 345. The Morgan fingerprint density at radius 2 is 1.94 bits per heavy atom. The summed E-state index contributed by atoms with van der Waals surface area (Å²) >= 11 is 0.